The molecule has 1 aromatic heterocycles. The zero-order chi connectivity index (χ0) is 18.1. The van der Waals surface area contributed by atoms with E-state index in [2.05, 4.69) is 22.9 Å². The van der Waals surface area contributed by atoms with E-state index in [1.54, 1.807) is 0 Å². The number of para-hydroxylation sites is 3. The van der Waals surface area contributed by atoms with Crippen LogP contribution in [0.25, 0.3) is 11.1 Å². The van der Waals surface area contributed by atoms with Crippen LogP contribution in [0.5, 0.6) is 0 Å². The number of carbonyl (C=O) groups is 1. The summed E-state index contributed by atoms with van der Waals surface area (Å²) in [6.45, 7) is 3.05. The SMILES string of the molecule is CC1CC(C(N)=O)c2ccccc2N1CCCc1nc2ccccc2o1. The Kier molecular flexibility index (Phi) is 4.37. The van der Waals surface area contributed by atoms with E-state index in [1.165, 1.54) is 0 Å². The van der Waals surface area contributed by atoms with Gasteiger partial charge in [0.05, 0.1) is 5.92 Å². The number of oxazole rings is 1. The van der Waals surface area contributed by atoms with Crippen molar-refractivity contribution in [1.29, 1.82) is 0 Å². The summed E-state index contributed by atoms with van der Waals surface area (Å²) < 4.78 is 5.81. The van der Waals surface area contributed by atoms with Crippen molar-refractivity contribution in [1.82, 2.24) is 4.98 Å². The molecule has 2 atom stereocenters. The van der Waals surface area contributed by atoms with E-state index in [4.69, 9.17) is 10.2 Å². The third-order valence-corrected chi connectivity index (χ3v) is 5.20. The number of anilines is 1. The molecule has 0 spiro atoms. The summed E-state index contributed by atoms with van der Waals surface area (Å²) in [5, 5.41) is 0. The number of hydrogen-bond donors (Lipinski definition) is 1. The molecule has 26 heavy (non-hydrogen) atoms. The van der Waals surface area contributed by atoms with Crippen LogP contribution >= 0.6 is 0 Å². The van der Waals surface area contributed by atoms with Gasteiger partial charge in [-0.1, -0.05) is 30.3 Å². The maximum atomic E-state index is 11.8. The average Bonchev–Trinajstić information content (AvgIpc) is 3.05. The summed E-state index contributed by atoms with van der Waals surface area (Å²) in [5.74, 6) is 0.337. The van der Waals surface area contributed by atoms with Crippen LogP contribution in [0.15, 0.2) is 52.9 Å². The van der Waals surface area contributed by atoms with Crippen molar-refractivity contribution < 1.29 is 9.21 Å². The Morgan fingerprint density at radius 2 is 2.00 bits per heavy atom. The van der Waals surface area contributed by atoms with Gasteiger partial charge < -0.3 is 15.1 Å². The Hall–Kier alpha value is -2.82. The summed E-state index contributed by atoms with van der Waals surface area (Å²) in [6.07, 6.45) is 2.49. The third-order valence-electron chi connectivity index (χ3n) is 5.20. The Bertz CT molecular complexity index is 901. The van der Waals surface area contributed by atoms with Crippen molar-refractivity contribution in [3.63, 3.8) is 0 Å². The van der Waals surface area contributed by atoms with Crippen LogP contribution in [0.2, 0.25) is 0 Å². The predicted octanol–water partition coefficient (Wildman–Crippen LogP) is 3.63. The number of hydrogen-bond acceptors (Lipinski definition) is 4. The maximum absolute atomic E-state index is 11.8. The molecule has 1 aliphatic heterocycles. The lowest BCUT2D eigenvalue weighted by Crippen LogP contribution is -2.42. The molecule has 1 aliphatic rings. The van der Waals surface area contributed by atoms with Crippen molar-refractivity contribution in [2.75, 3.05) is 11.4 Å². The van der Waals surface area contributed by atoms with E-state index in [-0.39, 0.29) is 17.9 Å². The molecule has 5 nitrogen and oxygen atoms in total. The van der Waals surface area contributed by atoms with Crippen molar-refractivity contribution in [2.45, 2.75) is 38.1 Å². The van der Waals surface area contributed by atoms with Crippen LogP contribution in [-0.4, -0.2) is 23.5 Å². The number of carbonyl (C=O) groups excluding carboxylic acids is 1. The van der Waals surface area contributed by atoms with Crippen LogP contribution in [0.4, 0.5) is 5.69 Å². The number of benzene rings is 2. The Morgan fingerprint density at radius 1 is 1.23 bits per heavy atom. The first-order valence-corrected chi connectivity index (χ1v) is 9.13. The fourth-order valence-corrected chi connectivity index (χ4v) is 3.91. The monoisotopic (exact) mass is 349 g/mol. The molecule has 134 valence electrons. The number of aryl methyl sites for hydroxylation is 1. The lowest BCUT2D eigenvalue weighted by Gasteiger charge is -2.40. The molecular formula is C21H23N3O2. The van der Waals surface area contributed by atoms with E-state index in [0.717, 1.165) is 54.0 Å². The number of rotatable bonds is 5. The van der Waals surface area contributed by atoms with Crippen LogP contribution in [0, 0.1) is 0 Å². The second kappa shape index (κ2) is 6.83. The Labute approximate surface area is 152 Å². The third kappa shape index (κ3) is 3.05. The number of fused-ring (bicyclic) bond motifs is 2. The smallest absolute Gasteiger partial charge is 0.225 e. The highest BCUT2D eigenvalue weighted by Gasteiger charge is 2.32. The fraction of sp³-hybridized carbons (Fsp3) is 0.333. The first kappa shape index (κ1) is 16.6. The standard InChI is InChI=1S/C21H23N3O2/c1-14-13-16(21(22)25)15-7-2-4-9-18(15)24(14)12-6-11-20-23-17-8-3-5-10-19(17)26-20/h2-5,7-10,14,16H,6,11-13H2,1H3,(H2,22,25). The molecule has 3 aromatic rings. The molecule has 2 N–H and O–H groups in total. The molecular weight excluding hydrogens is 326 g/mol. The quantitative estimate of drug-likeness (QED) is 0.763. The average molecular weight is 349 g/mol. The van der Waals surface area contributed by atoms with Gasteiger partial charge in [-0.25, -0.2) is 4.98 Å². The van der Waals surface area contributed by atoms with Crippen molar-refractivity contribution >= 4 is 22.7 Å². The Morgan fingerprint density at radius 3 is 2.81 bits per heavy atom. The van der Waals surface area contributed by atoms with Gasteiger partial charge in [0, 0.05) is 24.7 Å². The molecule has 0 radical (unpaired) electrons. The summed E-state index contributed by atoms with van der Waals surface area (Å²) in [5.41, 5.74) is 9.53. The topological polar surface area (TPSA) is 72.4 Å². The Balaban J connectivity index is 1.48. The summed E-state index contributed by atoms with van der Waals surface area (Å²) in [6, 6.07) is 16.2. The molecule has 0 fully saturated rings. The van der Waals surface area contributed by atoms with Crippen LogP contribution < -0.4 is 10.6 Å². The minimum Gasteiger partial charge on any atom is -0.441 e. The zero-order valence-corrected chi connectivity index (χ0v) is 14.9. The van der Waals surface area contributed by atoms with Crippen molar-refractivity contribution in [3.05, 3.63) is 60.0 Å². The first-order chi connectivity index (χ1) is 12.6. The van der Waals surface area contributed by atoms with E-state index >= 15 is 0 Å². The second-order valence-electron chi connectivity index (χ2n) is 6.97. The van der Waals surface area contributed by atoms with E-state index in [1.807, 2.05) is 42.5 Å². The van der Waals surface area contributed by atoms with Crippen molar-refractivity contribution in [3.8, 4) is 0 Å². The molecule has 0 saturated carbocycles. The normalized spacial score (nSPS) is 19.5. The van der Waals surface area contributed by atoms with Gasteiger partial charge in [-0.2, -0.15) is 0 Å². The maximum Gasteiger partial charge on any atom is 0.225 e. The van der Waals surface area contributed by atoms with Gasteiger partial charge in [0.15, 0.2) is 11.5 Å². The highest BCUT2D eigenvalue weighted by Crippen LogP contribution is 2.38. The molecule has 5 heteroatoms. The van der Waals surface area contributed by atoms with Crippen LogP contribution in [-0.2, 0) is 11.2 Å². The number of primary amides is 1. The summed E-state index contributed by atoms with van der Waals surface area (Å²) in [7, 11) is 0. The van der Waals surface area contributed by atoms with Gasteiger partial charge >= 0.3 is 0 Å². The van der Waals surface area contributed by atoms with E-state index in [9.17, 15) is 4.79 Å². The number of amides is 1. The molecule has 4 rings (SSSR count). The molecule has 0 bridgehead atoms. The lowest BCUT2D eigenvalue weighted by atomic mass is 9.85. The fourth-order valence-electron chi connectivity index (χ4n) is 3.91. The minimum absolute atomic E-state index is 0.200. The number of nitrogens with two attached hydrogens (primary N) is 1. The highest BCUT2D eigenvalue weighted by atomic mass is 16.3. The van der Waals surface area contributed by atoms with Crippen LogP contribution in [0.3, 0.4) is 0 Å². The molecule has 0 saturated heterocycles. The highest BCUT2D eigenvalue weighted by molar-refractivity contribution is 5.85. The number of aromatic nitrogens is 1. The molecule has 1 amide bonds. The van der Waals surface area contributed by atoms with Crippen LogP contribution in [0.1, 0.15) is 37.1 Å². The lowest BCUT2D eigenvalue weighted by molar-refractivity contribution is -0.119. The van der Waals surface area contributed by atoms with Gasteiger partial charge in [-0.15, -0.1) is 0 Å². The van der Waals surface area contributed by atoms with Crippen molar-refractivity contribution in [2.24, 2.45) is 5.73 Å². The first-order valence-electron chi connectivity index (χ1n) is 9.13. The van der Waals surface area contributed by atoms with Gasteiger partial charge in [-0.05, 0) is 43.5 Å². The van der Waals surface area contributed by atoms with E-state index in [0.29, 0.717) is 0 Å². The molecule has 0 aliphatic carbocycles. The van der Waals surface area contributed by atoms with Gasteiger partial charge in [-0.3, -0.25) is 4.79 Å². The largest absolute Gasteiger partial charge is 0.441 e. The zero-order valence-electron chi connectivity index (χ0n) is 14.9. The van der Waals surface area contributed by atoms with Gasteiger partial charge in [0.1, 0.15) is 5.52 Å². The molecule has 2 heterocycles. The van der Waals surface area contributed by atoms with Gasteiger partial charge in [0.2, 0.25) is 5.91 Å². The van der Waals surface area contributed by atoms with Gasteiger partial charge in [0.25, 0.3) is 0 Å². The molecule has 2 unspecified atom stereocenters. The molecule has 2 aromatic carbocycles. The minimum atomic E-state index is -0.240. The second-order valence-corrected chi connectivity index (χ2v) is 6.97. The van der Waals surface area contributed by atoms with E-state index < -0.39 is 0 Å². The predicted molar refractivity (Wildman–Crippen MR) is 102 cm³/mol. The summed E-state index contributed by atoms with van der Waals surface area (Å²) >= 11 is 0. The summed E-state index contributed by atoms with van der Waals surface area (Å²) in [4.78, 5) is 18.8. The number of nitrogens with zero attached hydrogens (tertiary/aromatic N) is 2.